The van der Waals surface area contributed by atoms with Gasteiger partial charge in [-0.25, -0.2) is 8.78 Å². The van der Waals surface area contributed by atoms with Gasteiger partial charge >= 0.3 is 0 Å². The zero-order chi connectivity index (χ0) is 10.1. The number of rotatable bonds is 1. The molecule has 0 aliphatic heterocycles. The summed E-state index contributed by atoms with van der Waals surface area (Å²) in [4.78, 5) is 0. The highest BCUT2D eigenvalue weighted by Gasteiger charge is 2.24. The third-order valence-corrected chi connectivity index (χ3v) is 2.82. The summed E-state index contributed by atoms with van der Waals surface area (Å²) >= 11 is 0. The first kappa shape index (κ1) is 9.59. The van der Waals surface area contributed by atoms with Gasteiger partial charge in [0.25, 0.3) is 0 Å². The summed E-state index contributed by atoms with van der Waals surface area (Å²) in [5, 5.41) is 9.32. The van der Waals surface area contributed by atoms with Crippen LogP contribution in [-0.2, 0) is 0 Å². The van der Waals surface area contributed by atoms with E-state index in [-0.39, 0.29) is 12.0 Å². The Morgan fingerprint density at radius 1 is 1.14 bits per heavy atom. The molecule has 1 saturated carbocycles. The van der Waals surface area contributed by atoms with Crippen molar-refractivity contribution in [2.75, 3.05) is 0 Å². The molecular formula is C11H12F2O. The Balaban J connectivity index is 2.20. The number of aliphatic hydroxyl groups excluding tert-OH is 1. The van der Waals surface area contributed by atoms with Gasteiger partial charge in [-0.1, -0.05) is 6.07 Å². The second-order valence-electron chi connectivity index (χ2n) is 3.84. The van der Waals surface area contributed by atoms with Gasteiger partial charge in [0, 0.05) is 0 Å². The first-order chi connectivity index (χ1) is 6.66. The molecule has 0 spiro atoms. The Bertz CT molecular complexity index is 338. The largest absolute Gasteiger partial charge is 0.393 e. The highest BCUT2D eigenvalue weighted by atomic mass is 19.2. The van der Waals surface area contributed by atoms with Gasteiger partial charge in [0.2, 0.25) is 0 Å². The van der Waals surface area contributed by atoms with Crippen molar-refractivity contribution in [2.24, 2.45) is 0 Å². The van der Waals surface area contributed by atoms with E-state index in [0.29, 0.717) is 6.42 Å². The lowest BCUT2D eigenvalue weighted by Crippen LogP contribution is -2.00. The molecule has 2 rings (SSSR count). The van der Waals surface area contributed by atoms with E-state index in [0.717, 1.165) is 24.5 Å². The van der Waals surface area contributed by atoms with E-state index in [4.69, 9.17) is 0 Å². The van der Waals surface area contributed by atoms with Crippen LogP contribution in [0.1, 0.15) is 30.7 Å². The lowest BCUT2D eigenvalue weighted by Gasteiger charge is -2.09. The van der Waals surface area contributed by atoms with Gasteiger partial charge in [-0.3, -0.25) is 0 Å². The van der Waals surface area contributed by atoms with Crippen molar-refractivity contribution in [3.8, 4) is 0 Å². The molecule has 0 aromatic heterocycles. The van der Waals surface area contributed by atoms with Crippen molar-refractivity contribution in [1.82, 2.24) is 0 Å². The minimum atomic E-state index is -0.813. The van der Waals surface area contributed by atoms with Gasteiger partial charge in [0.15, 0.2) is 11.6 Å². The van der Waals surface area contributed by atoms with Crippen LogP contribution in [0.5, 0.6) is 0 Å². The van der Waals surface area contributed by atoms with Crippen LogP contribution in [0.2, 0.25) is 0 Å². The molecule has 0 bridgehead atoms. The zero-order valence-electron chi connectivity index (χ0n) is 7.71. The second-order valence-corrected chi connectivity index (χ2v) is 3.84. The number of benzene rings is 1. The normalized spacial score (nSPS) is 26.8. The summed E-state index contributed by atoms with van der Waals surface area (Å²) in [5.74, 6) is -1.43. The minimum Gasteiger partial charge on any atom is -0.393 e. The van der Waals surface area contributed by atoms with E-state index < -0.39 is 11.6 Å². The van der Waals surface area contributed by atoms with Crippen molar-refractivity contribution in [1.29, 1.82) is 0 Å². The maximum atomic E-state index is 12.9. The molecule has 1 aromatic carbocycles. The van der Waals surface area contributed by atoms with E-state index in [1.807, 2.05) is 0 Å². The Morgan fingerprint density at radius 3 is 2.50 bits per heavy atom. The van der Waals surface area contributed by atoms with Crippen LogP contribution in [-0.4, -0.2) is 11.2 Å². The molecule has 0 saturated heterocycles. The predicted molar refractivity (Wildman–Crippen MR) is 49.0 cm³/mol. The fraction of sp³-hybridized carbons (Fsp3) is 0.455. The zero-order valence-corrected chi connectivity index (χ0v) is 7.71. The molecule has 14 heavy (non-hydrogen) atoms. The van der Waals surface area contributed by atoms with E-state index in [1.165, 1.54) is 6.07 Å². The molecule has 1 aliphatic carbocycles. The summed E-state index contributed by atoms with van der Waals surface area (Å²) in [6.07, 6.45) is 1.98. The Morgan fingerprint density at radius 2 is 1.93 bits per heavy atom. The smallest absolute Gasteiger partial charge is 0.159 e. The molecule has 3 heteroatoms. The summed E-state index contributed by atoms with van der Waals surface area (Å²) in [6, 6.07) is 3.98. The van der Waals surface area contributed by atoms with Crippen molar-refractivity contribution in [2.45, 2.75) is 31.3 Å². The SMILES string of the molecule is OC1CCC(c2ccc(F)c(F)c2)C1. The highest BCUT2D eigenvalue weighted by Crippen LogP contribution is 2.34. The molecule has 0 heterocycles. The Kier molecular flexibility index (Phi) is 2.50. The first-order valence-corrected chi connectivity index (χ1v) is 4.80. The minimum absolute atomic E-state index is 0.181. The third kappa shape index (κ3) is 1.77. The highest BCUT2D eigenvalue weighted by molar-refractivity contribution is 5.22. The van der Waals surface area contributed by atoms with Gasteiger partial charge in [0.1, 0.15) is 0 Å². The lowest BCUT2D eigenvalue weighted by molar-refractivity contribution is 0.181. The summed E-state index contributed by atoms with van der Waals surface area (Å²) in [7, 11) is 0. The molecule has 1 fully saturated rings. The third-order valence-electron chi connectivity index (χ3n) is 2.82. The van der Waals surface area contributed by atoms with Gasteiger partial charge in [-0.15, -0.1) is 0 Å². The Hall–Kier alpha value is -0.960. The maximum Gasteiger partial charge on any atom is 0.159 e. The fourth-order valence-electron chi connectivity index (χ4n) is 2.03. The van der Waals surface area contributed by atoms with Crippen molar-refractivity contribution >= 4 is 0 Å². The second kappa shape index (κ2) is 3.65. The van der Waals surface area contributed by atoms with E-state index in [9.17, 15) is 13.9 Å². The molecule has 2 atom stereocenters. The Labute approximate surface area is 81.4 Å². The summed E-state index contributed by atoms with van der Waals surface area (Å²) < 4.78 is 25.5. The maximum absolute atomic E-state index is 12.9. The molecular weight excluding hydrogens is 186 g/mol. The van der Waals surface area contributed by atoms with Gasteiger partial charge < -0.3 is 5.11 Å². The van der Waals surface area contributed by atoms with Crippen LogP contribution < -0.4 is 0 Å². The van der Waals surface area contributed by atoms with Gasteiger partial charge in [-0.05, 0) is 42.9 Å². The van der Waals surface area contributed by atoms with Gasteiger partial charge in [-0.2, -0.15) is 0 Å². The number of halogens is 2. The fourth-order valence-corrected chi connectivity index (χ4v) is 2.03. The molecule has 0 radical (unpaired) electrons. The first-order valence-electron chi connectivity index (χ1n) is 4.80. The molecule has 1 N–H and O–H groups in total. The van der Waals surface area contributed by atoms with Crippen molar-refractivity contribution in [3.63, 3.8) is 0 Å². The summed E-state index contributed by atoms with van der Waals surface area (Å²) in [6.45, 7) is 0. The van der Waals surface area contributed by atoms with Crippen LogP contribution >= 0.6 is 0 Å². The van der Waals surface area contributed by atoms with E-state index >= 15 is 0 Å². The predicted octanol–water partition coefficient (Wildman–Crippen LogP) is 2.59. The number of hydrogen-bond donors (Lipinski definition) is 1. The molecule has 0 amide bonds. The van der Waals surface area contributed by atoms with Crippen LogP contribution in [0.3, 0.4) is 0 Å². The average molecular weight is 198 g/mol. The van der Waals surface area contributed by atoms with Crippen LogP contribution in [0.25, 0.3) is 0 Å². The average Bonchev–Trinajstić information content (AvgIpc) is 2.57. The molecule has 2 unspecified atom stereocenters. The van der Waals surface area contributed by atoms with E-state index in [2.05, 4.69) is 0 Å². The molecule has 1 aromatic rings. The van der Waals surface area contributed by atoms with E-state index in [1.54, 1.807) is 6.07 Å². The standard InChI is InChI=1S/C11H12F2O/c12-10-4-2-8(6-11(10)13)7-1-3-9(14)5-7/h2,4,6-7,9,14H,1,3,5H2. The lowest BCUT2D eigenvalue weighted by atomic mass is 9.97. The van der Waals surface area contributed by atoms with Crippen molar-refractivity contribution < 1.29 is 13.9 Å². The molecule has 76 valence electrons. The van der Waals surface area contributed by atoms with Crippen LogP contribution in [0, 0.1) is 11.6 Å². The van der Waals surface area contributed by atoms with Crippen molar-refractivity contribution in [3.05, 3.63) is 35.4 Å². The van der Waals surface area contributed by atoms with Gasteiger partial charge in [0.05, 0.1) is 6.10 Å². The molecule has 1 nitrogen and oxygen atoms in total. The molecule has 1 aliphatic rings. The monoisotopic (exact) mass is 198 g/mol. The summed E-state index contributed by atoms with van der Waals surface area (Å²) in [5.41, 5.74) is 0.792. The van der Waals surface area contributed by atoms with Crippen LogP contribution in [0.4, 0.5) is 8.78 Å². The quantitative estimate of drug-likeness (QED) is 0.735. The topological polar surface area (TPSA) is 20.2 Å². The number of aliphatic hydroxyl groups is 1. The van der Waals surface area contributed by atoms with Crippen LogP contribution in [0.15, 0.2) is 18.2 Å². The number of hydrogen-bond acceptors (Lipinski definition) is 1.